The molecule has 0 radical (unpaired) electrons. The van der Waals surface area contributed by atoms with E-state index in [4.69, 9.17) is 0 Å². The molecule has 1 aromatic rings. The van der Waals surface area contributed by atoms with Crippen molar-refractivity contribution in [2.75, 3.05) is 6.54 Å². The molecule has 140 valence electrons. The van der Waals surface area contributed by atoms with Gasteiger partial charge in [-0.2, -0.15) is 0 Å². The Kier molecular flexibility index (Phi) is 7.13. The fourth-order valence-corrected chi connectivity index (χ4v) is 3.26. The van der Waals surface area contributed by atoms with Crippen LogP contribution in [0.25, 0.3) is 0 Å². The average molecular weight is 369 g/mol. The van der Waals surface area contributed by atoms with E-state index >= 15 is 0 Å². The largest absolute Gasteiger partial charge is 0.348 e. The van der Waals surface area contributed by atoms with E-state index in [0.717, 1.165) is 5.56 Å². The van der Waals surface area contributed by atoms with Crippen LogP contribution in [0, 0.1) is 0 Å². The zero-order valence-electron chi connectivity index (χ0n) is 15.3. The Morgan fingerprint density at radius 3 is 2.08 bits per heavy atom. The maximum Gasteiger partial charge on any atom is 0.309 e. The Morgan fingerprint density at radius 1 is 1.04 bits per heavy atom. The molecule has 0 aliphatic heterocycles. The SMILES string of the molecule is CC(C)NS(=O)(=O)c1ccc(CCNC(=O)C(=O)NC(C)(C)C)cc1. The number of rotatable bonds is 6. The topological polar surface area (TPSA) is 104 Å². The summed E-state index contributed by atoms with van der Waals surface area (Å²) in [6.45, 7) is 9.17. The Bertz CT molecular complexity index is 704. The van der Waals surface area contributed by atoms with Crippen molar-refractivity contribution in [3.63, 3.8) is 0 Å². The summed E-state index contributed by atoms with van der Waals surface area (Å²) in [5.74, 6) is -1.36. The number of amides is 2. The van der Waals surface area contributed by atoms with Crippen LogP contribution in [0.4, 0.5) is 0 Å². The van der Waals surface area contributed by atoms with E-state index in [1.165, 1.54) is 12.1 Å². The van der Waals surface area contributed by atoms with Crippen molar-refractivity contribution in [3.8, 4) is 0 Å². The van der Waals surface area contributed by atoms with E-state index in [2.05, 4.69) is 15.4 Å². The number of sulfonamides is 1. The molecule has 0 aliphatic rings. The molecule has 1 aromatic carbocycles. The molecule has 0 heterocycles. The minimum Gasteiger partial charge on any atom is -0.348 e. The standard InChI is InChI=1S/C17H27N3O4S/c1-12(2)20-25(23,24)14-8-6-13(7-9-14)10-11-18-15(21)16(22)19-17(3,4)5/h6-9,12,20H,10-11H2,1-5H3,(H,18,21)(H,19,22). The monoisotopic (exact) mass is 369 g/mol. The van der Waals surface area contributed by atoms with Gasteiger partial charge in [-0.05, 0) is 58.7 Å². The van der Waals surface area contributed by atoms with E-state index in [-0.39, 0.29) is 17.5 Å². The van der Waals surface area contributed by atoms with Gasteiger partial charge in [0.05, 0.1) is 4.90 Å². The van der Waals surface area contributed by atoms with Crippen molar-refractivity contribution < 1.29 is 18.0 Å². The van der Waals surface area contributed by atoms with Crippen molar-refractivity contribution in [2.24, 2.45) is 0 Å². The summed E-state index contributed by atoms with van der Waals surface area (Å²) in [5, 5.41) is 5.13. The Hall–Kier alpha value is -1.93. The summed E-state index contributed by atoms with van der Waals surface area (Å²) in [7, 11) is -3.51. The zero-order valence-corrected chi connectivity index (χ0v) is 16.2. The van der Waals surface area contributed by atoms with Crippen LogP contribution in [-0.2, 0) is 26.0 Å². The summed E-state index contributed by atoms with van der Waals surface area (Å²) in [6.07, 6.45) is 0.493. The van der Waals surface area contributed by atoms with Gasteiger partial charge in [0, 0.05) is 18.1 Å². The minimum absolute atomic E-state index is 0.181. The number of benzene rings is 1. The number of nitrogens with one attached hydrogen (secondary N) is 3. The summed E-state index contributed by atoms with van der Waals surface area (Å²) in [6, 6.07) is 6.24. The number of hydrogen-bond donors (Lipinski definition) is 3. The predicted octanol–water partition coefficient (Wildman–Crippen LogP) is 0.947. The van der Waals surface area contributed by atoms with Crippen LogP contribution in [0.5, 0.6) is 0 Å². The van der Waals surface area contributed by atoms with E-state index in [1.807, 2.05) is 0 Å². The molecule has 3 N–H and O–H groups in total. The van der Waals surface area contributed by atoms with Gasteiger partial charge in [-0.15, -0.1) is 0 Å². The maximum absolute atomic E-state index is 12.0. The fraction of sp³-hybridized carbons (Fsp3) is 0.529. The highest BCUT2D eigenvalue weighted by atomic mass is 32.2. The van der Waals surface area contributed by atoms with Gasteiger partial charge in [0.1, 0.15) is 0 Å². The predicted molar refractivity (Wildman–Crippen MR) is 96.5 cm³/mol. The van der Waals surface area contributed by atoms with Gasteiger partial charge in [-0.3, -0.25) is 9.59 Å². The zero-order chi connectivity index (χ0) is 19.3. The van der Waals surface area contributed by atoms with Gasteiger partial charge < -0.3 is 10.6 Å². The normalized spacial score (nSPS) is 12.1. The van der Waals surface area contributed by atoms with Gasteiger partial charge in [-0.25, -0.2) is 13.1 Å². The third kappa shape index (κ3) is 7.66. The molecule has 1 rings (SSSR count). The van der Waals surface area contributed by atoms with Crippen LogP contribution in [-0.4, -0.2) is 38.4 Å². The Balaban J connectivity index is 2.54. The second-order valence-corrected chi connectivity index (χ2v) is 8.84. The van der Waals surface area contributed by atoms with Gasteiger partial charge in [0.25, 0.3) is 0 Å². The van der Waals surface area contributed by atoms with Gasteiger partial charge >= 0.3 is 11.8 Å². The van der Waals surface area contributed by atoms with Crippen molar-refractivity contribution in [1.29, 1.82) is 0 Å². The quantitative estimate of drug-likeness (QED) is 0.649. The summed E-state index contributed by atoms with van der Waals surface area (Å²) in [5.41, 5.74) is 0.389. The molecule has 2 amide bonds. The smallest absolute Gasteiger partial charge is 0.309 e. The van der Waals surface area contributed by atoms with Crippen LogP contribution in [0.15, 0.2) is 29.2 Å². The molecule has 0 unspecified atom stereocenters. The highest BCUT2D eigenvalue weighted by Crippen LogP contribution is 2.11. The molecule has 0 saturated carbocycles. The third-order valence-electron chi connectivity index (χ3n) is 3.02. The molecule has 0 atom stereocenters. The first-order valence-corrected chi connectivity index (χ1v) is 9.60. The molecular weight excluding hydrogens is 342 g/mol. The molecule has 25 heavy (non-hydrogen) atoms. The maximum atomic E-state index is 12.0. The van der Waals surface area contributed by atoms with Crippen LogP contribution in [0.3, 0.4) is 0 Å². The van der Waals surface area contributed by atoms with Crippen molar-refractivity contribution in [1.82, 2.24) is 15.4 Å². The number of carbonyl (C=O) groups is 2. The highest BCUT2D eigenvalue weighted by molar-refractivity contribution is 7.89. The first-order valence-electron chi connectivity index (χ1n) is 8.12. The van der Waals surface area contributed by atoms with Crippen molar-refractivity contribution in [3.05, 3.63) is 29.8 Å². The molecule has 0 spiro atoms. The number of hydrogen-bond acceptors (Lipinski definition) is 4. The molecule has 0 aliphatic carbocycles. The third-order valence-corrected chi connectivity index (χ3v) is 4.69. The summed E-state index contributed by atoms with van der Waals surface area (Å²) in [4.78, 5) is 23.5. The minimum atomic E-state index is -3.51. The van der Waals surface area contributed by atoms with E-state index in [9.17, 15) is 18.0 Å². The average Bonchev–Trinajstić information content (AvgIpc) is 2.44. The molecule has 8 heteroatoms. The van der Waals surface area contributed by atoms with Crippen LogP contribution in [0.2, 0.25) is 0 Å². The molecule has 0 bridgehead atoms. The lowest BCUT2D eigenvalue weighted by atomic mass is 10.1. The van der Waals surface area contributed by atoms with Gasteiger partial charge in [0.15, 0.2) is 0 Å². The second kappa shape index (κ2) is 8.44. The van der Waals surface area contributed by atoms with Crippen LogP contribution < -0.4 is 15.4 Å². The second-order valence-electron chi connectivity index (χ2n) is 7.13. The summed E-state index contributed by atoms with van der Waals surface area (Å²) < 4.78 is 26.6. The first-order chi connectivity index (χ1) is 11.4. The molecule has 0 saturated heterocycles. The van der Waals surface area contributed by atoms with E-state index < -0.39 is 27.4 Å². The Morgan fingerprint density at radius 2 is 1.60 bits per heavy atom. The van der Waals surface area contributed by atoms with Gasteiger partial charge in [0.2, 0.25) is 10.0 Å². The highest BCUT2D eigenvalue weighted by Gasteiger charge is 2.19. The Labute approximate surface area is 149 Å². The molecular formula is C17H27N3O4S. The lowest BCUT2D eigenvalue weighted by Gasteiger charge is -2.19. The van der Waals surface area contributed by atoms with Crippen molar-refractivity contribution in [2.45, 2.75) is 57.5 Å². The van der Waals surface area contributed by atoms with E-state index in [0.29, 0.717) is 6.42 Å². The lowest BCUT2D eigenvalue weighted by Crippen LogP contribution is -2.48. The fourth-order valence-electron chi connectivity index (χ4n) is 2.01. The van der Waals surface area contributed by atoms with E-state index in [1.54, 1.807) is 46.8 Å². The van der Waals surface area contributed by atoms with Crippen LogP contribution in [0.1, 0.15) is 40.2 Å². The molecule has 0 aromatic heterocycles. The lowest BCUT2D eigenvalue weighted by molar-refractivity contribution is -0.140. The molecule has 0 fully saturated rings. The van der Waals surface area contributed by atoms with Crippen molar-refractivity contribution >= 4 is 21.8 Å². The van der Waals surface area contributed by atoms with Gasteiger partial charge in [-0.1, -0.05) is 12.1 Å². The first kappa shape index (κ1) is 21.1. The van der Waals surface area contributed by atoms with Crippen LogP contribution >= 0.6 is 0 Å². The summed E-state index contributed by atoms with van der Waals surface area (Å²) >= 11 is 0. The molecule has 7 nitrogen and oxygen atoms in total. The number of carbonyl (C=O) groups excluding carboxylic acids is 2.